The first-order valence-corrected chi connectivity index (χ1v) is 11.4. The number of nitrogens with one attached hydrogen (secondary N) is 2. The Balaban J connectivity index is 1.37. The van der Waals surface area contributed by atoms with E-state index in [1.807, 2.05) is 30.3 Å². The van der Waals surface area contributed by atoms with Crippen LogP contribution in [0.2, 0.25) is 0 Å². The number of carbonyl (C=O) groups is 1. The van der Waals surface area contributed by atoms with E-state index < -0.39 is 22.6 Å². The predicted molar refractivity (Wildman–Crippen MR) is 119 cm³/mol. The molecule has 164 valence electrons. The van der Waals surface area contributed by atoms with Crippen LogP contribution < -0.4 is 19.5 Å². The van der Waals surface area contributed by atoms with Crippen molar-refractivity contribution in [2.45, 2.75) is 23.2 Å². The molecule has 0 saturated heterocycles. The zero-order valence-corrected chi connectivity index (χ0v) is 18.1. The lowest BCUT2D eigenvalue weighted by Gasteiger charge is -2.17. The van der Waals surface area contributed by atoms with Gasteiger partial charge in [0, 0.05) is 24.4 Å². The number of anilines is 1. The first-order chi connectivity index (χ1) is 15.5. The summed E-state index contributed by atoms with van der Waals surface area (Å²) in [6.45, 7) is 0.0516. The van der Waals surface area contributed by atoms with E-state index in [4.69, 9.17) is 9.47 Å². The summed E-state index contributed by atoms with van der Waals surface area (Å²) >= 11 is -1.25. The van der Waals surface area contributed by atoms with Gasteiger partial charge >= 0.3 is 0 Å². The summed E-state index contributed by atoms with van der Waals surface area (Å²) in [5.74, 6) is 0.117. The Hall–Kier alpha value is -3.07. The Morgan fingerprint density at radius 2 is 1.75 bits per heavy atom. The van der Waals surface area contributed by atoms with E-state index in [0.717, 1.165) is 11.1 Å². The molecule has 1 unspecified atom stereocenters. The van der Waals surface area contributed by atoms with Crippen LogP contribution in [0.1, 0.15) is 18.4 Å². The number of benzene rings is 3. The van der Waals surface area contributed by atoms with E-state index in [9.17, 15) is 13.7 Å². The minimum atomic E-state index is -1.25. The number of halogens is 1. The molecule has 2 aliphatic rings. The van der Waals surface area contributed by atoms with Gasteiger partial charge in [-0.25, -0.2) is 4.39 Å². The Bertz CT molecular complexity index is 1180. The minimum absolute atomic E-state index is 0.0516. The van der Waals surface area contributed by atoms with Gasteiger partial charge in [0.15, 0.2) is 16.4 Å². The second-order valence-electron chi connectivity index (χ2n) is 7.80. The van der Waals surface area contributed by atoms with Crippen molar-refractivity contribution in [1.29, 1.82) is 0 Å². The Morgan fingerprint density at radius 1 is 1.03 bits per heavy atom. The van der Waals surface area contributed by atoms with Crippen molar-refractivity contribution in [2.24, 2.45) is 0 Å². The Morgan fingerprint density at radius 3 is 2.44 bits per heavy atom. The molecule has 1 aliphatic carbocycles. The molecule has 0 radical (unpaired) electrons. The Kier molecular flexibility index (Phi) is 5.28. The van der Waals surface area contributed by atoms with Gasteiger partial charge in [-0.2, -0.15) is 0 Å². The highest BCUT2D eigenvalue weighted by atomic mass is 32.2. The Labute approximate surface area is 188 Å². The van der Waals surface area contributed by atoms with Gasteiger partial charge in [0.1, 0.15) is 5.82 Å². The minimum Gasteiger partial charge on any atom is -0.593 e. The normalized spacial score (nSPS) is 16.5. The van der Waals surface area contributed by atoms with E-state index >= 15 is 0 Å². The van der Waals surface area contributed by atoms with E-state index in [1.165, 1.54) is 6.07 Å². The van der Waals surface area contributed by atoms with Gasteiger partial charge in [-0.1, -0.05) is 12.1 Å². The molecule has 2 N–H and O–H groups in total. The van der Waals surface area contributed by atoms with Crippen molar-refractivity contribution in [3.63, 3.8) is 0 Å². The van der Waals surface area contributed by atoms with E-state index in [2.05, 4.69) is 10.0 Å². The van der Waals surface area contributed by atoms with Crippen LogP contribution >= 0.6 is 0 Å². The lowest BCUT2D eigenvalue weighted by atomic mass is 9.93. The molecular weight excluding hydrogens is 431 g/mol. The number of hydrogen-bond acceptors (Lipinski definition) is 5. The fourth-order valence-electron chi connectivity index (χ4n) is 3.94. The number of ether oxygens (including phenoxy) is 2. The largest absolute Gasteiger partial charge is 0.593 e. The summed E-state index contributed by atoms with van der Waals surface area (Å²) in [6.07, 6.45) is 1.14. The first kappa shape index (κ1) is 20.8. The van der Waals surface area contributed by atoms with Gasteiger partial charge in [0.05, 0.1) is 16.8 Å². The molecule has 3 aromatic rings. The molecule has 0 bridgehead atoms. The SMILES string of the molecule is CN[S+]([O-])c1ccc(-c2cccc(NC(=O)C3(c4cc5c(cc4F)OCO5)CC3)c2)cc1. The fraction of sp³-hybridized carbons (Fsp3) is 0.208. The smallest absolute Gasteiger partial charge is 0.235 e. The maximum absolute atomic E-state index is 14.7. The van der Waals surface area contributed by atoms with E-state index in [0.29, 0.717) is 40.5 Å². The molecule has 5 rings (SSSR count). The monoisotopic (exact) mass is 452 g/mol. The molecule has 1 amide bonds. The highest BCUT2D eigenvalue weighted by Gasteiger charge is 2.53. The predicted octanol–water partition coefficient (Wildman–Crippen LogP) is 4.13. The average molecular weight is 453 g/mol. The summed E-state index contributed by atoms with van der Waals surface area (Å²) in [4.78, 5) is 13.8. The van der Waals surface area contributed by atoms with Crippen LogP contribution in [0.15, 0.2) is 65.6 Å². The van der Waals surface area contributed by atoms with Crippen LogP contribution in [0.25, 0.3) is 11.1 Å². The van der Waals surface area contributed by atoms with E-state index in [-0.39, 0.29) is 12.7 Å². The van der Waals surface area contributed by atoms with Crippen LogP contribution in [0.4, 0.5) is 10.1 Å². The van der Waals surface area contributed by atoms with Crippen LogP contribution in [-0.2, 0) is 21.6 Å². The molecule has 0 aromatic heterocycles. The number of hydrogen-bond donors (Lipinski definition) is 2. The highest BCUT2D eigenvalue weighted by molar-refractivity contribution is 7.89. The summed E-state index contributed by atoms with van der Waals surface area (Å²) < 4.78 is 39.9. The molecule has 1 heterocycles. The van der Waals surface area contributed by atoms with Crippen molar-refractivity contribution < 1.29 is 23.2 Å². The van der Waals surface area contributed by atoms with E-state index in [1.54, 1.807) is 31.3 Å². The second-order valence-corrected chi connectivity index (χ2v) is 9.22. The van der Waals surface area contributed by atoms with Gasteiger partial charge in [-0.05, 0) is 66.4 Å². The van der Waals surface area contributed by atoms with Crippen LogP contribution in [0.5, 0.6) is 11.5 Å². The molecule has 1 aliphatic heterocycles. The third-order valence-corrected chi connectivity index (χ3v) is 6.94. The highest BCUT2D eigenvalue weighted by Crippen LogP contribution is 2.52. The fourth-order valence-corrected chi connectivity index (χ4v) is 4.56. The zero-order valence-electron chi connectivity index (χ0n) is 17.3. The molecule has 32 heavy (non-hydrogen) atoms. The molecule has 3 aromatic carbocycles. The molecule has 1 atom stereocenters. The lowest BCUT2D eigenvalue weighted by Crippen LogP contribution is -2.28. The molecular formula is C24H21FN2O4S. The molecule has 1 fully saturated rings. The van der Waals surface area contributed by atoms with Crippen LogP contribution in [0, 0.1) is 5.82 Å². The summed E-state index contributed by atoms with van der Waals surface area (Å²) in [5, 5.41) is 2.95. The van der Waals surface area contributed by atoms with Crippen molar-refractivity contribution in [3.05, 3.63) is 72.0 Å². The van der Waals surface area contributed by atoms with Crippen LogP contribution in [-0.4, -0.2) is 24.3 Å². The summed E-state index contributed by atoms with van der Waals surface area (Å²) in [5.41, 5.74) is 1.90. The number of carbonyl (C=O) groups excluding carboxylic acids is 1. The van der Waals surface area contributed by atoms with Gasteiger partial charge in [0.25, 0.3) is 0 Å². The maximum atomic E-state index is 14.7. The number of fused-ring (bicyclic) bond motifs is 1. The summed E-state index contributed by atoms with van der Waals surface area (Å²) in [6, 6.07) is 17.7. The van der Waals surface area contributed by atoms with Crippen molar-refractivity contribution >= 4 is 23.0 Å². The third kappa shape index (κ3) is 3.70. The van der Waals surface area contributed by atoms with Crippen LogP contribution in [0.3, 0.4) is 0 Å². The van der Waals surface area contributed by atoms with Gasteiger partial charge in [-0.15, -0.1) is 4.72 Å². The molecule has 8 heteroatoms. The van der Waals surface area contributed by atoms with Crippen molar-refractivity contribution in [1.82, 2.24) is 4.72 Å². The summed E-state index contributed by atoms with van der Waals surface area (Å²) in [7, 11) is 1.64. The molecule has 0 spiro atoms. The van der Waals surface area contributed by atoms with Crippen molar-refractivity contribution in [2.75, 3.05) is 19.2 Å². The molecule has 1 saturated carbocycles. The maximum Gasteiger partial charge on any atom is 0.235 e. The third-order valence-electron chi connectivity index (χ3n) is 5.87. The average Bonchev–Trinajstić information content (AvgIpc) is 3.50. The van der Waals surface area contributed by atoms with Gasteiger partial charge in [0.2, 0.25) is 12.7 Å². The molecule has 6 nitrogen and oxygen atoms in total. The number of rotatable bonds is 6. The number of amides is 1. The second kappa shape index (κ2) is 8.12. The van der Waals surface area contributed by atoms with Crippen molar-refractivity contribution in [3.8, 4) is 22.6 Å². The quantitative estimate of drug-likeness (QED) is 0.550. The lowest BCUT2D eigenvalue weighted by molar-refractivity contribution is -0.118. The van der Waals surface area contributed by atoms with Gasteiger partial charge < -0.3 is 19.3 Å². The topological polar surface area (TPSA) is 82.7 Å². The zero-order chi connectivity index (χ0) is 22.3. The standard InChI is InChI=1S/C24H21FN2O4S/c1-26-32(29)18-7-5-15(6-8-18)16-3-2-4-17(11-16)27-23(28)24(9-10-24)19-12-21-22(13-20(19)25)31-14-30-21/h2-8,11-13,26H,9-10,14H2,1H3,(H,27,28). The first-order valence-electron chi connectivity index (χ1n) is 10.2. The van der Waals surface area contributed by atoms with Gasteiger partial charge in [-0.3, -0.25) is 4.79 Å².